The Bertz CT molecular complexity index is 453. The monoisotopic (exact) mass is 302 g/mol. The highest BCUT2D eigenvalue weighted by Gasteiger charge is 2.31. The van der Waals surface area contributed by atoms with Crippen molar-refractivity contribution in [3.05, 3.63) is 33.8 Å². The van der Waals surface area contributed by atoms with E-state index in [1.54, 1.807) is 17.9 Å². The molecule has 104 valence electrons. The van der Waals surface area contributed by atoms with Gasteiger partial charge in [0.25, 0.3) is 0 Å². The minimum absolute atomic E-state index is 0.148. The predicted octanol–water partition coefficient (Wildman–Crippen LogP) is 2.48. The van der Waals surface area contributed by atoms with Crippen LogP contribution in [0.25, 0.3) is 0 Å². The van der Waals surface area contributed by atoms with Crippen LogP contribution in [0, 0.1) is 0 Å². The molecule has 0 radical (unpaired) electrons. The Kier molecular flexibility index (Phi) is 4.55. The quantitative estimate of drug-likeness (QED) is 0.901. The number of nitrogens with zero attached hydrogens (tertiary/aromatic N) is 1. The molecule has 1 aromatic carbocycles. The second-order valence-electron chi connectivity index (χ2n) is 4.84. The van der Waals surface area contributed by atoms with Gasteiger partial charge in [-0.1, -0.05) is 23.2 Å². The molecular weight excluding hydrogens is 287 g/mol. The van der Waals surface area contributed by atoms with E-state index in [0.717, 1.165) is 5.56 Å². The minimum atomic E-state index is -0.534. The highest BCUT2D eigenvalue weighted by Crippen LogP contribution is 2.30. The number of benzene rings is 1. The Morgan fingerprint density at radius 1 is 1.42 bits per heavy atom. The first kappa shape index (κ1) is 14.4. The first-order valence-corrected chi connectivity index (χ1v) is 6.88. The number of halogens is 2. The molecule has 1 atom stereocenters. The van der Waals surface area contributed by atoms with E-state index < -0.39 is 6.10 Å². The Balaban J connectivity index is 1.87. The Hall–Kier alpha value is -0.970. The molecule has 0 bridgehead atoms. The maximum Gasteiger partial charge on any atom is 0.317 e. The zero-order chi connectivity index (χ0) is 14.0. The number of amides is 2. The maximum absolute atomic E-state index is 11.7. The smallest absolute Gasteiger partial charge is 0.317 e. The molecular formula is C13H16Cl2N2O2. The molecule has 1 aliphatic rings. The fourth-order valence-corrected chi connectivity index (χ4v) is 2.56. The van der Waals surface area contributed by atoms with Gasteiger partial charge in [0.1, 0.15) is 0 Å². The zero-order valence-electron chi connectivity index (χ0n) is 10.6. The van der Waals surface area contributed by atoms with Crippen molar-refractivity contribution in [2.45, 2.75) is 18.9 Å². The Morgan fingerprint density at radius 3 is 2.53 bits per heavy atom. The van der Waals surface area contributed by atoms with Crippen LogP contribution >= 0.6 is 23.2 Å². The second kappa shape index (κ2) is 5.99. The molecule has 1 saturated heterocycles. The summed E-state index contributed by atoms with van der Waals surface area (Å²) >= 11 is 11.9. The van der Waals surface area contributed by atoms with Crippen molar-refractivity contribution in [1.29, 1.82) is 0 Å². The molecule has 0 unspecified atom stereocenters. The van der Waals surface area contributed by atoms with Gasteiger partial charge in [-0.2, -0.15) is 0 Å². The van der Waals surface area contributed by atoms with Gasteiger partial charge in [0, 0.05) is 35.6 Å². The van der Waals surface area contributed by atoms with E-state index in [1.165, 1.54) is 0 Å². The number of aliphatic hydroxyl groups is 1. The van der Waals surface area contributed by atoms with Gasteiger partial charge in [-0.25, -0.2) is 4.79 Å². The van der Waals surface area contributed by atoms with Gasteiger partial charge in [-0.15, -0.1) is 0 Å². The summed E-state index contributed by atoms with van der Waals surface area (Å²) in [4.78, 5) is 13.4. The van der Waals surface area contributed by atoms with Gasteiger partial charge in [0.2, 0.25) is 0 Å². The van der Waals surface area contributed by atoms with Crippen molar-refractivity contribution in [1.82, 2.24) is 10.2 Å². The summed E-state index contributed by atoms with van der Waals surface area (Å²) in [6, 6.07) is 5.30. The number of carbonyl (C=O) groups is 1. The number of rotatable bonds is 3. The van der Waals surface area contributed by atoms with Crippen molar-refractivity contribution in [3.63, 3.8) is 0 Å². The summed E-state index contributed by atoms with van der Waals surface area (Å²) in [7, 11) is 0. The zero-order valence-corrected chi connectivity index (χ0v) is 12.1. The van der Waals surface area contributed by atoms with E-state index in [-0.39, 0.29) is 18.5 Å². The number of nitrogens with one attached hydrogen (secondary N) is 1. The number of likely N-dealkylation sites (tertiary alicyclic amines) is 1. The molecule has 0 aromatic heterocycles. The van der Waals surface area contributed by atoms with Crippen LogP contribution in [0.1, 0.15) is 18.4 Å². The summed E-state index contributed by atoms with van der Waals surface area (Å²) in [6.45, 7) is 3.18. The summed E-state index contributed by atoms with van der Waals surface area (Å²) in [5.41, 5.74) is 1.05. The molecule has 19 heavy (non-hydrogen) atoms. The summed E-state index contributed by atoms with van der Waals surface area (Å²) in [6.07, 6.45) is -0.534. The van der Waals surface area contributed by atoms with Crippen LogP contribution in [0.2, 0.25) is 10.0 Å². The van der Waals surface area contributed by atoms with Crippen LogP contribution in [0.3, 0.4) is 0 Å². The fourth-order valence-electron chi connectivity index (χ4n) is 2.01. The molecule has 4 nitrogen and oxygen atoms in total. The van der Waals surface area contributed by atoms with Gasteiger partial charge >= 0.3 is 6.03 Å². The average molecular weight is 303 g/mol. The summed E-state index contributed by atoms with van der Waals surface area (Å²) in [5, 5.41) is 13.0. The number of aliphatic hydroxyl groups excluding tert-OH is 1. The third kappa shape index (κ3) is 3.75. The number of urea groups is 1. The molecule has 6 heteroatoms. The van der Waals surface area contributed by atoms with Crippen LogP contribution < -0.4 is 5.32 Å². The second-order valence-corrected chi connectivity index (χ2v) is 5.71. The van der Waals surface area contributed by atoms with E-state index in [9.17, 15) is 4.79 Å². The lowest BCUT2D eigenvalue weighted by Gasteiger charge is -2.39. The van der Waals surface area contributed by atoms with Crippen molar-refractivity contribution in [3.8, 4) is 0 Å². The lowest BCUT2D eigenvalue weighted by atomic mass is 9.92. The van der Waals surface area contributed by atoms with Gasteiger partial charge in [0.05, 0.1) is 6.10 Å². The van der Waals surface area contributed by atoms with Crippen molar-refractivity contribution < 1.29 is 9.90 Å². The largest absolute Gasteiger partial charge is 0.392 e. The van der Waals surface area contributed by atoms with Crippen molar-refractivity contribution in [2.75, 3.05) is 19.6 Å². The fraction of sp³-hybridized carbons (Fsp3) is 0.462. The molecule has 2 N–H and O–H groups in total. The average Bonchev–Trinajstić information content (AvgIpc) is 2.22. The molecule has 2 rings (SSSR count). The standard InChI is InChI=1S/C13H16Cl2N2O2/c1-8(18)5-16-13(19)17-6-10(7-17)9-2-11(14)4-12(15)3-9/h2-4,8,10,18H,5-7H2,1H3,(H,16,19)/t8-/m0/s1. The number of carbonyl (C=O) groups excluding carboxylic acids is 1. The third-order valence-electron chi connectivity index (χ3n) is 3.07. The third-order valence-corrected chi connectivity index (χ3v) is 3.51. The van der Waals surface area contributed by atoms with E-state index in [1.807, 2.05) is 12.1 Å². The number of hydrogen-bond acceptors (Lipinski definition) is 2. The van der Waals surface area contributed by atoms with Crippen LogP contribution in [-0.4, -0.2) is 41.8 Å². The van der Waals surface area contributed by atoms with Crippen LogP contribution in [-0.2, 0) is 0 Å². The molecule has 0 spiro atoms. The first-order valence-electron chi connectivity index (χ1n) is 6.12. The predicted molar refractivity (Wildman–Crippen MR) is 75.9 cm³/mol. The van der Waals surface area contributed by atoms with E-state index in [4.69, 9.17) is 28.3 Å². The minimum Gasteiger partial charge on any atom is -0.392 e. The van der Waals surface area contributed by atoms with E-state index in [0.29, 0.717) is 23.1 Å². The van der Waals surface area contributed by atoms with Gasteiger partial charge < -0.3 is 15.3 Å². The van der Waals surface area contributed by atoms with Crippen LogP contribution in [0.5, 0.6) is 0 Å². The van der Waals surface area contributed by atoms with Gasteiger partial charge in [0.15, 0.2) is 0 Å². The lowest BCUT2D eigenvalue weighted by Crippen LogP contribution is -2.53. The normalized spacial score (nSPS) is 16.9. The Labute approximate surface area is 122 Å². The van der Waals surface area contributed by atoms with Gasteiger partial charge in [-0.05, 0) is 30.7 Å². The lowest BCUT2D eigenvalue weighted by molar-refractivity contribution is 0.141. The molecule has 0 saturated carbocycles. The van der Waals surface area contributed by atoms with Gasteiger partial charge in [-0.3, -0.25) is 0 Å². The molecule has 1 fully saturated rings. The first-order chi connectivity index (χ1) is 8.95. The van der Waals surface area contributed by atoms with Crippen LogP contribution in [0.15, 0.2) is 18.2 Å². The van der Waals surface area contributed by atoms with Crippen molar-refractivity contribution in [2.24, 2.45) is 0 Å². The molecule has 2 amide bonds. The molecule has 1 aromatic rings. The van der Waals surface area contributed by atoms with Crippen molar-refractivity contribution >= 4 is 29.2 Å². The highest BCUT2D eigenvalue weighted by atomic mass is 35.5. The molecule has 1 heterocycles. The summed E-state index contributed by atoms with van der Waals surface area (Å²) < 4.78 is 0. The van der Waals surface area contributed by atoms with E-state index in [2.05, 4.69) is 5.32 Å². The SMILES string of the molecule is C[C@H](O)CNC(=O)N1CC(c2cc(Cl)cc(Cl)c2)C1. The maximum atomic E-state index is 11.7. The highest BCUT2D eigenvalue weighted by molar-refractivity contribution is 6.34. The molecule has 1 aliphatic heterocycles. The number of hydrogen-bond donors (Lipinski definition) is 2. The Morgan fingerprint density at radius 2 is 2.00 bits per heavy atom. The van der Waals surface area contributed by atoms with E-state index >= 15 is 0 Å². The topological polar surface area (TPSA) is 52.6 Å². The molecule has 0 aliphatic carbocycles. The summed E-state index contributed by atoms with van der Waals surface area (Å²) in [5.74, 6) is 0.272. The van der Waals surface area contributed by atoms with Crippen LogP contribution in [0.4, 0.5) is 4.79 Å².